The van der Waals surface area contributed by atoms with Gasteiger partial charge in [0.2, 0.25) is 0 Å². The molecule has 15 heavy (non-hydrogen) atoms. The van der Waals surface area contributed by atoms with Crippen LogP contribution in [0, 0.1) is 0 Å². The molecule has 1 rings (SSSR count). The van der Waals surface area contributed by atoms with Crippen molar-refractivity contribution in [1.82, 2.24) is 4.98 Å². The smallest absolute Gasteiger partial charge is 0.357 e. The first-order chi connectivity index (χ1) is 6.68. The van der Waals surface area contributed by atoms with E-state index < -0.39 is 10.5 Å². The van der Waals surface area contributed by atoms with Gasteiger partial charge >= 0.3 is 10.5 Å². The van der Waals surface area contributed by atoms with E-state index in [1.165, 1.54) is 6.07 Å². The zero-order chi connectivity index (χ0) is 11.7. The highest BCUT2D eigenvalue weighted by Gasteiger charge is 2.16. The van der Waals surface area contributed by atoms with Crippen molar-refractivity contribution in [3.63, 3.8) is 0 Å². The lowest BCUT2D eigenvalue weighted by molar-refractivity contribution is 0.438. The molecule has 0 unspecified atom stereocenters. The maximum atomic E-state index is 12.2. The van der Waals surface area contributed by atoms with Gasteiger partial charge in [-0.1, -0.05) is 24.7 Å². The van der Waals surface area contributed by atoms with E-state index in [1.54, 1.807) is 6.20 Å². The van der Waals surface area contributed by atoms with Gasteiger partial charge in [0.15, 0.2) is 5.75 Å². The zero-order valence-electron chi connectivity index (χ0n) is 8.69. The fraction of sp³-hybridized carbons (Fsp3) is 0.444. The van der Waals surface area contributed by atoms with Crippen molar-refractivity contribution in [3.8, 4) is 5.75 Å². The number of hydrogen-bond donors (Lipinski definition) is 0. The lowest BCUT2D eigenvalue weighted by atomic mass is 9.88. The van der Waals surface area contributed by atoms with Crippen LogP contribution in [0.5, 0.6) is 5.75 Å². The van der Waals surface area contributed by atoms with Crippen molar-refractivity contribution < 1.29 is 16.5 Å². The molecule has 0 aromatic carbocycles. The Labute approximate surface area is 88.5 Å². The number of halogens is 1. The molecule has 6 heteroatoms. The number of pyridine rings is 1. The minimum atomic E-state index is -4.98. The normalized spacial score (nSPS) is 12.5. The van der Waals surface area contributed by atoms with Crippen molar-refractivity contribution in [2.24, 2.45) is 0 Å². The standard InChI is InChI=1S/C9H12FNO3S/c1-9(2,3)7-4-8(6-11-5-7)14-15(10,12)13/h4-6H,1-3H3. The maximum absolute atomic E-state index is 12.2. The highest BCUT2D eigenvalue weighted by atomic mass is 32.3. The Morgan fingerprint density at radius 2 is 1.93 bits per heavy atom. The first-order valence-corrected chi connectivity index (χ1v) is 5.59. The van der Waals surface area contributed by atoms with Gasteiger partial charge in [0.25, 0.3) is 0 Å². The van der Waals surface area contributed by atoms with Crippen molar-refractivity contribution in [3.05, 3.63) is 24.0 Å². The Morgan fingerprint density at radius 1 is 1.33 bits per heavy atom. The molecular formula is C9H12FNO3S. The van der Waals surface area contributed by atoms with Gasteiger partial charge in [-0.05, 0) is 17.0 Å². The Morgan fingerprint density at radius 3 is 2.40 bits per heavy atom. The van der Waals surface area contributed by atoms with E-state index in [4.69, 9.17) is 0 Å². The summed E-state index contributed by atoms with van der Waals surface area (Å²) in [5.74, 6) is -0.120. The molecule has 0 atom stereocenters. The average Bonchev–Trinajstić information content (AvgIpc) is 1.99. The zero-order valence-corrected chi connectivity index (χ0v) is 9.51. The van der Waals surface area contributed by atoms with Gasteiger partial charge in [-0.2, -0.15) is 8.42 Å². The third kappa shape index (κ3) is 3.83. The Hall–Kier alpha value is -1.17. The summed E-state index contributed by atoms with van der Waals surface area (Å²) < 4.78 is 36.8. The Kier molecular flexibility index (Phi) is 2.99. The van der Waals surface area contributed by atoms with Crippen LogP contribution in [-0.4, -0.2) is 13.4 Å². The molecule has 0 saturated heterocycles. The number of nitrogens with zero attached hydrogens (tertiary/aromatic N) is 1. The fourth-order valence-electron chi connectivity index (χ4n) is 0.989. The molecule has 0 aliphatic rings. The second kappa shape index (κ2) is 3.77. The molecule has 4 nitrogen and oxygen atoms in total. The molecule has 1 aromatic heterocycles. The first-order valence-electron chi connectivity index (χ1n) is 4.28. The highest BCUT2D eigenvalue weighted by molar-refractivity contribution is 7.81. The van der Waals surface area contributed by atoms with Crippen LogP contribution in [0.25, 0.3) is 0 Å². The van der Waals surface area contributed by atoms with E-state index >= 15 is 0 Å². The molecule has 1 aromatic rings. The van der Waals surface area contributed by atoms with Gasteiger partial charge in [-0.3, -0.25) is 4.98 Å². The molecule has 84 valence electrons. The molecule has 1 heterocycles. The maximum Gasteiger partial charge on any atom is 0.488 e. The van der Waals surface area contributed by atoms with Crippen LogP contribution in [0.3, 0.4) is 0 Å². The summed E-state index contributed by atoms with van der Waals surface area (Å²) in [6, 6.07) is 1.45. The van der Waals surface area contributed by atoms with Crippen LogP contribution >= 0.6 is 0 Å². The summed E-state index contributed by atoms with van der Waals surface area (Å²) in [4.78, 5) is 3.78. The van der Waals surface area contributed by atoms with Crippen molar-refractivity contribution in [2.45, 2.75) is 26.2 Å². The molecule has 0 fully saturated rings. The summed E-state index contributed by atoms with van der Waals surface area (Å²) >= 11 is 0. The third-order valence-electron chi connectivity index (χ3n) is 1.77. The predicted octanol–water partition coefficient (Wildman–Crippen LogP) is 1.97. The Balaban J connectivity index is 3.04. The number of hydrogen-bond acceptors (Lipinski definition) is 4. The largest absolute Gasteiger partial charge is 0.488 e. The van der Waals surface area contributed by atoms with Gasteiger partial charge in [-0.15, -0.1) is 0 Å². The van der Waals surface area contributed by atoms with Crippen molar-refractivity contribution in [2.75, 3.05) is 0 Å². The third-order valence-corrected chi connectivity index (χ3v) is 2.17. The van der Waals surface area contributed by atoms with Crippen molar-refractivity contribution >= 4 is 10.5 Å². The number of rotatable bonds is 2. The lowest BCUT2D eigenvalue weighted by Gasteiger charge is -2.18. The first kappa shape index (κ1) is 11.9. The van der Waals surface area contributed by atoms with Crippen LogP contribution in [0.1, 0.15) is 26.3 Å². The van der Waals surface area contributed by atoms with Crippen LogP contribution in [0.2, 0.25) is 0 Å². The van der Waals surface area contributed by atoms with Crippen molar-refractivity contribution in [1.29, 1.82) is 0 Å². The van der Waals surface area contributed by atoms with E-state index in [0.29, 0.717) is 0 Å². The summed E-state index contributed by atoms with van der Waals surface area (Å²) in [5.41, 5.74) is 0.565. The van der Waals surface area contributed by atoms with E-state index in [0.717, 1.165) is 11.8 Å². The molecule has 0 spiro atoms. The lowest BCUT2D eigenvalue weighted by Crippen LogP contribution is -2.12. The van der Waals surface area contributed by atoms with Crippen LogP contribution in [0.15, 0.2) is 18.5 Å². The van der Waals surface area contributed by atoms with Gasteiger partial charge in [-0.25, -0.2) is 0 Å². The van der Waals surface area contributed by atoms with Crippen LogP contribution in [0.4, 0.5) is 3.89 Å². The topological polar surface area (TPSA) is 56.3 Å². The predicted molar refractivity (Wildman–Crippen MR) is 53.6 cm³/mol. The van der Waals surface area contributed by atoms with E-state index in [-0.39, 0.29) is 11.2 Å². The molecular weight excluding hydrogens is 221 g/mol. The quantitative estimate of drug-likeness (QED) is 0.733. The highest BCUT2D eigenvalue weighted by Crippen LogP contribution is 2.25. The molecule has 0 saturated carbocycles. The van der Waals surface area contributed by atoms with Gasteiger partial charge < -0.3 is 4.18 Å². The molecule has 0 bridgehead atoms. The van der Waals surface area contributed by atoms with E-state index in [1.807, 2.05) is 20.8 Å². The molecule has 0 amide bonds. The van der Waals surface area contributed by atoms with Gasteiger partial charge in [0, 0.05) is 6.20 Å². The van der Waals surface area contributed by atoms with Crippen LogP contribution < -0.4 is 4.18 Å². The summed E-state index contributed by atoms with van der Waals surface area (Å²) in [6.07, 6.45) is 2.73. The van der Waals surface area contributed by atoms with Gasteiger partial charge in [0.05, 0.1) is 6.20 Å². The summed E-state index contributed by atoms with van der Waals surface area (Å²) in [6.45, 7) is 5.78. The molecule has 0 radical (unpaired) electrons. The van der Waals surface area contributed by atoms with E-state index in [9.17, 15) is 12.3 Å². The van der Waals surface area contributed by atoms with Gasteiger partial charge in [0.1, 0.15) is 0 Å². The molecule has 0 N–H and O–H groups in total. The number of aromatic nitrogens is 1. The van der Waals surface area contributed by atoms with E-state index in [2.05, 4.69) is 9.17 Å². The Bertz CT molecular complexity index is 451. The fourth-order valence-corrected chi connectivity index (χ4v) is 1.31. The minimum absolute atomic E-state index is 0.120. The summed E-state index contributed by atoms with van der Waals surface area (Å²) in [5, 5.41) is 0. The van der Waals surface area contributed by atoms with Crippen LogP contribution in [-0.2, 0) is 15.9 Å². The average molecular weight is 233 g/mol. The monoisotopic (exact) mass is 233 g/mol. The SMILES string of the molecule is CC(C)(C)c1cncc(OS(=O)(=O)F)c1. The second-order valence-electron chi connectivity index (χ2n) is 4.14. The molecule has 0 aliphatic carbocycles. The molecule has 0 aliphatic heterocycles. The minimum Gasteiger partial charge on any atom is -0.357 e. The summed E-state index contributed by atoms with van der Waals surface area (Å²) in [7, 11) is -4.98. The second-order valence-corrected chi connectivity index (χ2v) is 5.09.